The van der Waals surface area contributed by atoms with Crippen LogP contribution in [0.3, 0.4) is 0 Å². The predicted molar refractivity (Wildman–Crippen MR) is 58.5 cm³/mol. The zero-order valence-corrected chi connectivity index (χ0v) is 9.35. The van der Waals surface area contributed by atoms with E-state index in [0.29, 0.717) is 5.92 Å². The van der Waals surface area contributed by atoms with Crippen LogP contribution in [-0.4, -0.2) is 6.54 Å². The molecule has 1 nitrogen and oxygen atoms in total. The fraction of sp³-hybridized carbons (Fsp3) is 0.538. The molecular weight excluding hydrogens is 227 g/mol. The third-order valence-corrected chi connectivity index (χ3v) is 4.11. The number of piperidine rings is 1. The van der Waals surface area contributed by atoms with Crippen LogP contribution in [-0.2, 0) is 11.7 Å². The first kappa shape index (κ1) is 11.1. The summed E-state index contributed by atoms with van der Waals surface area (Å²) in [5.74, 6) is 0.706. The first-order valence-electron chi connectivity index (χ1n) is 5.92. The molecule has 2 aliphatic rings. The minimum Gasteiger partial charge on any atom is -0.307 e. The zero-order valence-electron chi connectivity index (χ0n) is 9.35. The Bertz CT molecular complexity index is 413. The fourth-order valence-corrected chi connectivity index (χ4v) is 3.16. The van der Waals surface area contributed by atoms with Gasteiger partial charge in [-0.1, -0.05) is 12.1 Å². The summed E-state index contributed by atoms with van der Waals surface area (Å²) in [5, 5.41) is 3.46. The molecule has 17 heavy (non-hydrogen) atoms. The molecular formula is C13H14F3N. The van der Waals surface area contributed by atoms with Gasteiger partial charge in [0.25, 0.3) is 0 Å². The van der Waals surface area contributed by atoms with E-state index in [0.717, 1.165) is 24.9 Å². The molecule has 3 rings (SSSR count). The number of alkyl halides is 3. The van der Waals surface area contributed by atoms with Gasteiger partial charge in [0, 0.05) is 5.54 Å². The lowest BCUT2D eigenvalue weighted by atomic mass is 9.89. The molecule has 1 N–H and O–H groups in total. The molecule has 1 aromatic carbocycles. The Hall–Kier alpha value is -1.03. The second-order valence-electron chi connectivity index (χ2n) is 5.15. The molecule has 2 bridgehead atoms. The summed E-state index contributed by atoms with van der Waals surface area (Å²) >= 11 is 0. The van der Waals surface area contributed by atoms with Crippen molar-refractivity contribution in [2.45, 2.75) is 31.0 Å². The molecule has 1 saturated carbocycles. The first-order chi connectivity index (χ1) is 8.00. The second-order valence-corrected chi connectivity index (χ2v) is 5.15. The molecule has 0 amide bonds. The van der Waals surface area contributed by atoms with Gasteiger partial charge in [-0.2, -0.15) is 13.2 Å². The van der Waals surface area contributed by atoms with Crippen LogP contribution in [0.5, 0.6) is 0 Å². The second kappa shape index (κ2) is 3.48. The van der Waals surface area contributed by atoms with Crippen molar-refractivity contribution in [1.29, 1.82) is 0 Å². The summed E-state index contributed by atoms with van der Waals surface area (Å²) in [6.45, 7) is 1.00. The standard InChI is InChI=1S/C13H14F3N/c14-13(15,16)11-3-1-10(2-4-11)12-6-5-9(7-12)8-17-12/h1-4,9,17H,5-8H2. The maximum absolute atomic E-state index is 12.5. The van der Waals surface area contributed by atoms with Crippen molar-refractivity contribution < 1.29 is 13.2 Å². The maximum atomic E-state index is 12.5. The van der Waals surface area contributed by atoms with Gasteiger partial charge in [0.1, 0.15) is 0 Å². The minimum atomic E-state index is -4.24. The monoisotopic (exact) mass is 241 g/mol. The quantitative estimate of drug-likeness (QED) is 0.795. The average molecular weight is 241 g/mol. The Labute approximate surface area is 98.0 Å². The number of rotatable bonds is 1. The van der Waals surface area contributed by atoms with Gasteiger partial charge in [-0.05, 0) is 49.4 Å². The molecule has 4 heteroatoms. The van der Waals surface area contributed by atoms with E-state index in [9.17, 15) is 13.2 Å². The topological polar surface area (TPSA) is 12.0 Å². The maximum Gasteiger partial charge on any atom is 0.416 e. The Morgan fingerprint density at radius 3 is 2.29 bits per heavy atom. The van der Waals surface area contributed by atoms with E-state index in [1.54, 1.807) is 12.1 Å². The van der Waals surface area contributed by atoms with Crippen molar-refractivity contribution >= 4 is 0 Å². The molecule has 2 fully saturated rings. The summed E-state index contributed by atoms with van der Waals surface area (Å²) in [6.07, 6.45) is -0.938. The number of hydrogen-bond acceptors (Lipinski definition) is 1. The summed E-state index contributed by atoms with van der Waals surface area (Å²) in [4.78, 5) is 0. The highest BCUT2D eigenvalue weighted by Crippen LogP contribution is 2.46. The van der Waals surface area contributed by atoms with Crippen molar-refractivity contribution in [3.8, 4) is 0 Å². The van der Waals surface area contributed by atoms with Gasteiger partial charge >= 0.3 is 6.18 Å². The molecule has 1 aliphatic carbocycles. The predicted octanol–water partition coefficient (Wildman–Crippen LogP) is 3.30. The van der Waals surface area contributed by atoms with Crippen LogP contribution in [0.2, 0.25) is 0 Å². The van der Waals surface area contributed by atoms with Gasteiger partial charge in [0.05, 0.1) is 5.56 Å². The summed E-state index contributed by atoms with van der Waals surface area (Å²) < 4.78 is 37.4. The SMILES string of the molecule is FC(F)(F)c1ccc(C23CCC(CN2)C3)cc1. The van der Waals surface area contributed by atoms with Crippen LogP contribution in [0.1, 0.15) is 30.4 Å². The van der Waals surface area contributed by atoms with E-state index in [4.69, 9.17) is 0 Å². The number of halogens is 3. The summed E-state index contributed by atoms with van der Waals surface area (Å²) in [7, 11) is 0. The highest BCUT2D eigenvalue weighted by atomic mass is 19.4. The third kappa shape index (κ3) is 1.75. The molecule has 1 heterocycles. The van der Waals surface area contributed by atoms with Crippen LogP contribution >= 0.6 is 0 Å². The van der Waals surface area contributed by atoms with Crippen LogP contribution in [0.15, 0.2) is 24.3 Å². The summed E-state index contributed by atoms with van der Waals surface area (Å²) in [5.41, 5.74) is 0.394. The molecule has 0 aromatic heterocycles. The lowest BCUT2D eigenvalue weighted by Gasteiger charge is -2.28. The molecule has 0 radical (unpaired) electrons. The van der Waals surface area contributed by atoms with Gasteiger partial charge in [-0.25, -0.2) is 0 Å². The van der Waals surface area contributed by atoms with Crippen molar-refractivity contribution in [2.75, 3.05) is 6.54 Å². The molecule has 1 aromatic rings. The Morgan fingerprint density at radius 2 is 1.88 bits per heavy atom. The lowest BCUT2D eigenvalue weighted by Crippen LogP contribution is -2.37. The smallest absolute Gasteiger partial charge is 0.307 e. The van der Waals surface area contributed by atoms with Gasteiger partial charge in [0.15, 0.2) is 0 Å². The van der Waals surface area contributed by atoms with Crippen molar-refractivity contribution in [3.05, 3.63) is 35.4 Å². The number of nitrogens with one attached hydrogen (secondary N) is 1. The zero-order chi connectivity index (χ0) is 12.1. The van der Waals surface area contributed by atoms with Crippen LogP contribution in [0, 0.1) is 5.92 Å². The molecule has 1 saturated heterocycles. The van der Waals surface area contributed by atoms with E-state index < -0.39 is 11.7 Å². The van der Waals surface area contributed by atoms with Crippen molar-refractivity contribution in [3.63, 3.8) is 0 Å². The highest BCUT2D eigenvalue weighted by molar-refractivity contribution is 5.32. The first-order valence-corrected chi connectivity index (χ1v) is 5.92. The Balaban J connectivity index is 1.90. The van der Waals surface area contributed by atoms with Crippen LogP contribution in [0.25, 0.3) is 0 Å². The van der Waals surface area contributed by atoms with E-state index in [-0.39, 0.29) is 5.54 Å². The van der Waals surface area contributed by atoms with Gasteiger partial charge < -0.3 is 5.32 Å². The van der Waals surface area contributed by atoms with E-state index >= 15 is 0 Å². The van der Waals surface area contributed by atoms with Crippen LogP contribution in [0.4, 0.5) is 13.2 Å². The Kier molecular flexibility index (Phi) is 2.27. The average Bonchev–Trinajstić information content (AvgIpc) is 2.89. The van der Waals surface area contributed by atoms with E-state index in [1.165, 1.54) is 18.6 Å². The van der Waals surface area contributed by atoms with Crippen LogP contribution < -0.4 is 5.32 Å². The molecule has 92 valence electrons. The van der Waals surface area contributed by atoms with Crippen molar-refractivity contribution in [2.24, 2.45) is 5.92 Å². The minimum absolute atomic E-state index is 0.0468. The largest absolute Gasteiger partial charge is 0.416 e. The molecule has 1 aliphatic heterocycles. The third-order valence-electron chi connectivity index (χ3n) is 4.11. The molecule has 2 unspecified atom stereocenters. The molecule has 2 atom stereocenters. The number of hydrogen-bond donors (Lipinski definition) is 1. The Morgan fingerprint density at radius 1 is 1.18 bits per heavy atom. The van der Waals surface area contributed by atoms with E-state index in [2.05, 4.69) is 5.32 Å². The van der Waals surface area contributed by atoms with E-state index in [1.807, 2.05) is 0 Å². The number of fused-ring (bicyclic) bond motifs is 2. The number of benzene rings is 1. The lowest BCUT2D eigenvalue weighted by molar-refractivity contribution is -0.137. The normalized spacial score (nSPS) is 32.1. The highest BCUT2D eigenvalue weighted by Gasteiger charge is 2.45. The molecule has 0 spiro atoms. The van der Waals surface area contributed by atoms with Gasteiger partial charge in [-0.15, -0.1) is 0 Å². The van der Waals surface area contributed by atoms with Gasteiger partial charge in [0.2, 0.25) is 0 Å². The fourth-order valence-electron chi connectivity index (χ4n) is 3.16. The van der Waals surface area contributed by atoms with Gasteiger partial charge in [-0.3, -0.25) is 0 Å². The summed E-state index contributed by atoms with van der Waals surface area (Å²) in [6, 6.07) is 5.64. The van der Waals surface area contributed by atoms with Crippen molar-refractivity contribution in [1.82, 2.24) is 5.32 Å².